The van der Waals surface area contributed by atoms with E-state index in [0.29, 0.717) is 23.5 Å². The van der Waals surface area contributed by atoms with Gasteiger partial charge >= 0.3 is 0 Å². The Morgan fingerprint density at radius 1 is 0.365 bits per heavy atom. The zero-order valence-corrected chi connectivity index (χ0v) is 27.9. The number of hydrogen-bond acceptors (Lipinski definition) is 5. The number of nitrogens with zero attached hydrogens (tertiary/aromatic N) is 5. The van der Waals surface area contributed by atoms with Crippen molar-refractivity contribution < 1.29 is 4.42 Å². The first-order valence-electron chi connectivity index (χ1n) is 17.2. The van der Waals surface area contributed by atoms with Crippen LogP contribution in [-0.2, 0) is 0 Å². The lowest BCUT2D eigenvalue weighted by Gasteiger charge is -2.11. The first-order valence-corrected chi connectivity index (χ1v) is 17.2. The highest BCUT2D eigenvalue weighted by atomic mass is 16.3. The molecule has 10 aromatic rings. The molecule has 0 unspecified atom stereocenters. The van der Waals surface area contributed by atoms with Crippen molar-refractivity contribution in [1.82, 2.24) is 24.5 Å². The third-order valence-electron chi connectivity index (χ3n) is 9.55. The van der Waals surface area contributed by atoms with Crippen LogP contribution in [0, 0.1) is 0 Å². The van der Waals surface area contributed by atoms with Crippen LogP contribution >= 0.6 is 0 Å². The quantitative estimate of drug-likeness (QED) is 0.176. The van der Waals surface area contributed by atoms with Crippen molar-refractivity contribution in [1.29, 1.82) is 0 Å². The molecule has 0 aliphatic heterocycles. The molecular formula is C46H29N5O. The number of para-hydroxylation sites is 3. The van der Waals surface area contributed by atoms with Gasteiger partial charge in [0.15, 0.2) is 17.2 Å². The van der Waals surface area contributed by atoms with Gasteiger partial charge in [-0.15, -0.1) is 0 Å². The number of benzene rings is 7. The van der Waals surface area contributed by atoms with E-state index in [-0.39, 0.29) is 0 Å². The zero-order valence-electron chi connectivity index (χ0n) is 27.9. The number of fused-ring (bicyclic) bond motifs is 4. The Hall–Kier alpha value is -7.18. The molecule has 0 radical (unpaired) electrons. The molecule has 0 N–H and O–H groups in total. The fourth-order valence-corrected chi connectivity index (χ4v) is 6.99. The van der Waals surface area contributed by atoms with E-state index >= 15 is 0 Å². The van der Waals surface area contributed by atoms with E-state index in [2.05, 4.69) is 132 Å². The minimum absolute atomic E-state index is 0.564. The molecule has 0 fully saturated rings. The normalized spacial score (nSPS) is 11.5. The molecule has 0 aliphatic rings. The van der Waals surface area contributed by atoms with E-state index in [1.807, 2.05) is 48.5 Å². The lowest BCUT2D eigenvalue weighted by atomic mass is 10.0. The number of rotatable bonds is 6. The third-order valence-corrected chi connectivity index (χ3v) is 9.55. The van der Waals surface area contributed by atoms with Gasteiger partial charge in [0.2, 0.25) is 11.8 Å². The summed E-state index contributed by atoms with van der Waals surface area (Å²) in [6.45, 7) is 0. The fraction of sp³-hybridized carbons (Fsp3) is 0. The molecule has 3 aromatic heterocycles. The van der Waals surface area contributed by atoms with Gasteiger partial charge in [-0.3, -0.25) is 4.57 Å². The van der Waals surface area contributed by atoms with Crippen LogP contribution < -0.4 is 0 Å². The smallest absolute Gasteiger partial charge is 0.238 e. The van der Waals surface area contributed by atoms with Gasteiger partial charge in [0, 0.05) is 33.0 Å². The monoisotopic (exact) mass is 667 g/mol. The van der Waals surface area contributed by atoms with Gasteiger partial charge in [0.1, 0.15) is 5.52 Å². The maximum Gasteiger partial charge on any atom is 0.238 e. The average molecular weight is 668 g/mol. The van der Waals surface area contributed by atoms with E-state index in [0.717, 1.165) is 71.8 Å². The highest BCUT2D eigenvalue weighted by Crippen LogP contribution is 2.35. The molecule has 244 valence electrons. The van der Waals surface area contributed by atoms with Gasteiger partial charge in [-0.2, -0.15) is 9.97 Å². The molecule has 6 heteroatoms. The maximum atomic E-state index is 6.17. The average Bonchev–Trinajstić information content (AvgIpc) is 3.82. The highest BCUT2D eigenvalue weighted by molar-refractivity contribution is 6.09. The van der Waals surface area contributed by atoms with Crippen LogP contribution in [0.25, 0.3) is 95.3 Å². The Morgan fingerprint density at radius 3 is 1.48 bits per heavy atom. The van der Waals surface area contributed by atoms with Crippen molar-refractivity contribution >= 4 is 32.9 Å². The molecule has 10 rings (SSSR count). The molecule has 3 heterocycles. The predicted molar refractivity (Wildman–Crippen MR) is 209 cm³/mol. The Bertz CT molecular complexity index is 2820. The van der Waals surface area contributed by atoms with Crippen molar-refractivity contribution in [3.05, 3.63) is 176 Å². The van der Waals surface area contributed by atoms with Crippen LogP contribution in [0.5, 0.6) is 0 Å². The number of hydrogen-bond donors (Lipinski definition) is 0. The SMILES string of the molecule is c1ccc(-c2ccc(-c3nc(-c4ccc(-c5cccc6oc(-c7ccccc7)nc56)cc4)nc(-n4c5ccccc5c5ccccc54)n3)cc2)cc1. The van der Waals surface area contributed by atoms with E-state index < -0.39 is 0 Å². The largest absolute Gasteiger partial charge is 0.436 e. The van der Waals surface area contributed by atoms with Crippen LogP contribution in [-0.4, -0.2) is 24.5 Å². The summed E-state index contributed by atoms with van der Waals surface area (Å²) in [4.78, 5) is 20.2. The molecule has 7 aromatic carbocycles. The van der Waals surface area contributed by atoms with E-state index in [9.17, 15) is 0 Å². The molecule has 0 amide bonds. The fourth-order valence-electron chi connectivity index (χ4n) is 6.99. The Morgan fingerprint density at radius 2 is 0.865 bits per heavy atom. The molecule has 0 spiro atoms. The van der Waals surface area contributed by atoms with Crippen LogP contribution in [0.2, 0.25) is 0 Å². The molecule has 0 saturated heterocycles. The summed E-state index contributed by atoms with van der Waals surface area (Å²) in [5, 5.41) is 2.30. The minimum atomic E-state index is 0.564. The second-order valence-corrected chi connectivity index (χ2v) is 12.7. The van der Waals surface area contributed by atoms with Gasteiger partial charge in [-0.1, -0.05) is 146 Å². The number of aromatic nitrogens is 5. The van der Waals surface area contributed by atoms with Gasteiger partial charge in [-0.25, -0.2) is 9.97 Å². The summed E-state index contributed by atoms with van der Waals surface area (Å²) in [6, 6.07) is 59.9. The second kappa shape index (κ2) is 12.3. The Labute approximate surface area is 299 Å². The van der Waals surface area contributed by atoms with E-state index in [1.165, 1.54) is 0 Å². The molecule has 0 saturated carbocycles. The van der Waals surface area contributed by atoms with Crippen molar-refractivity contribution in [2.45, 2.75) is 0 Å². The first-order chi connectivity index (χ1) is 25.8. The lowest BCUT2D eigenvalue weighted by Crippen LogP contribution is -2.06. The zero-order chi connectivity index (χ0) is 34.4. The highest BCUT2D eigenvalue weighted by Gasteiger charge is 2.18. The summed E-state index contributed by atoms with van der Waals surface area (Å²) in [7, 11) is 0. The molecular weight excluding hydrogens is 639 g/mol. The molecule has 0 bridgehead atoms. The van der Waals surface area contributed by atoms with E-state index in [4.69, 9.17) is 24.4 Å². The van der Waals surface area contributed by atoms with Gasteiger partial charge in [-0.05, 0) is 47.0 Å². The summed E-state index contributed by atoms with van der Waals surface area (Å²) in [6.07, 6.45) is 0. The predicted octanol–water partition coefficient (Wildman–Crippen LogP) is 11.4. The first kappa shape index (κ1) is 29.7. The molecule has 52 heavy (non-hydrogen) atoms. The van der Waals surface area contributed by atoms with Gasteiger partial charge in [0.25, 0.3) is 0 Å². The molecule has 6 nitrogen and oxygen atoms in total. The number of oxazole rings is 1. The van der Waals surface area contributed by atoms with Crippen molar-refractivity contribution in [3.63, 3.8) is 0 Å². The minimum Gasteiger partial charge on any atom is -0.436 e. The van der Waals surface area contributed by atoms with E-state index in [1.54, 1.807) is 0 Å². The van der Waals surface area contributed by atoms with Crippen LogP contribution in [0.3, 0.4) is 0 Å². The van der Waals surface area contributed by atoms with Crippen molar-refractivity contribution in [2.75, 3.05) is 0 Å². The molecule has 0 aliphatic carbocycles. The maximum absolute atomic E-state index is 6.17. The van der Waals surface area contributed by atoms with Gasteiger partial charge < -0.3 is 4.42 Å². The summed E-state index contributed by atoms with van der Waals surface area (Å²) < 4.78 is 8.31. The summed E-state index contributed by atoms with van der Waals surface area (Å²) in [5.74, 6) is 2.36. The van der Waals surface area contributed by atoms with Crippen LogP contribution in [0.15, 0.2) is 180 Å². The van der Waals surface area contributed by atoms with Crippen LogP contribution in [0.4, 0.5) is 0 Å². The summed E-state index contributed by atoms with van der Waals surface area (Å²) in [5.41, 5.74) is 10.7. The standard InChI is InChI=1S/C46H29N5O/c1-3-12-30(13-4-1)31-22-26-33(27-23-31)43-48-44(50-46(49-43)51-39-19-9-7-16-37(39)38-17-8-10-20-40(38)51)34-28-24-32(25-29-34)36-18-11-21-41-42(36)47-45(52-41)35-14-5-2-6-15-35/h1-29H. The van der Waals surface area contributed by atoms with Crippen LogP contribution in [0.1, 0.15) is 0 Å². The van der Waals surface area contributed by atoms with Crippen molar-refractivity contribution in [3.8, 4) is 62.4 Å². The summed E-state index contributed by atoms with van der Waals surface area (Å²) >= 11 is 0. The lowest BCUT2D eigenvalue weighted by molar-refractivity contribution is 0.620. The topological polar surface area (TPSA) is 69.6 Å². The third kappa shape index (κ3) is 5.13. The van der Waals surface area contributed by atoms with Gasteiger partial charge in [0.05, 0.1) is 11.0 Å². The van der Waals surface area contributed by atoms with Crippen molar-refractivity contribution in [2.24, 2.45) is 0 Å². The Kier molecular flexibility index (Phi) is 7.03. The molecule has 0 atom stereocenters. The Balaban J connectivity index is 1.10. The second-order valence-electron chi connectivity index (χ2n) is 12.7.